The Labute approximate surface area is 161 Å². The van der Waals surface area contributed by atoms with E-state index in [0.29, 0.717) is 22.8 Å². The van der Waals surface area contributed by atoms with E-state index >= 15 is 0 Å². The van der Waals surface area contributed by atoms with E-state index in [-0.39, 0.29) is 11.6 Å². The molecule has 0 saturated carbocycles. The van der Waals surface area contributed by atoms with Gasteiger partial charge in [0.2, 0.25) is 0 Å². The first-order valence-electron chi connectivity index (χ1n) is 8.24. The Balaban J connectivity index is 1.68. The summed E-state index contributed by atoms with van der Waals surface area (Å²) in [6, 6.07) is 13.7. The first-order chi connectivity index (χ1) is 13.0. The molecule has 2 heterocycles. The highest BCUT2D eigenvalue weighted by Gasteiger charge is 2.13. The summed E-state index contributed by atoms with van der Waals surface area (Å²) in [7, 11) is 0. The predicted octanol–water partition coefficient (Wildman–Crippen LogP) is 3.62. The van der Waals surface area contributed by atoms with Gasteiger partial charge in [-0.05, 0) is 55.0 Å². The molecule has 0 spiro atoms. The molecule has 7 heteroatoms. The van der Waals surface area contributed by atoms with Crippen molar-refractivity contribution in [1.82, 2.24) is 15.3 Å². The largest absolute Gasteiger partial charge is 0.346 e. The van der Waals surface area contributed by atoms with E-state index in [2.05, 4.69) is 20.6 Å². The zero-order valence-corrected chi connectivity index (χ0v) is 15.3. The van der Waals surface area contributed by atoms with Gasteiger partial charge in [-0.1, -0.05) is 17.7 Å². The first-order valence-corrected chi connectivity index (χ1v) is 8.62. The fourth-order valence-corrected chi connectivity index (χ4v) is 2.65. The van der Waals surface area contributed by atoms with E-state index in [1.807, 2.05) is 25.1 Å². The molecule has 0 aliphatic heterocycles. The normalized spacial score (nSPS) is 10.3. The number of carbonyl (C=O) groups is 2. The minimum Gasteiger partial charge on any atom is -0.346 e. The average Bonchev–Trinajstić information content (AvgIpc) is 2.69. The highest BCUT2D eigenvalue weighted by atomic mass is 35.5. The number of nitrogens with one attached hydrogen (secondary N) is 2. The molecule has 0 saturated heterocycles. The molecule has 136 valence electrons. The van der Waals surface area contributed by atoms with Crippen LogP contribution in [0.2, 0.25) is 5.02 Å². The van der Waals surface area contributed by atoms with Crippen molar-refractivity contribution in [2.24, 2.45) is 0 Å². The smallest absolute Gasteiger partial charge is 0.274 e. The number of halogens is 1. The van der Waals surface area contributed by atoms with Gasteiger partial charge in [0.15, 0.2) is 0 Å². The summed E-state index contributed by atoms with van der Waals surface area (Å²) in [6.45, 7) is 2.14. The van der Waals surface area contributed by atoms with Crippen molar-refractivity contribution in [2.45, 2.75) is 13.5 Å². The third-order valence-electron chi connectivity index (χ3n) is 3.85. The second kappa shape index (κ2) is 8.42. The van der Waals surface area contributed by atoms with Crippen molar-refractivity contribution >= 4 is 29.1 Å². The minimum atomic E-state index is -0.403. The van der Waals surface area contributed by atoms with Crippen molar-refractivity contribution < 1.29 is 9.59 Å². The van der Waals surface area contributed by atoms with E-state index in [9.17, 15) is 9.59 Å². The zero-order chi connectivity index (χ0) is 19.2. The lowest BCUT2D eigenvalue weighted by Gasteiger charge is -2.09. The molecular weight excluding hydrogens is 364 g/mol. The Morgan fingerprint density at radius 1 is 1.00 bits per heavy atom. The fraction of sp³-hybridized carbons (Fsp3) is 0.100. The van der Waals surface area contributed by atoms with Crippen LogP contribution in [0, 0.1) is 6.92 Å². The fourth-order valence-electron chi connectivity index (χ4n) is 2.43. The molecule has 2 amide bonds. The SMILES string of the molecule is Cc1cc(Cl)ccc1NC(=O)c1cc(C(=O)NCc2ccccn2)ccn1. The molecule has 2 aromatic heterocycles. The first kappa shape index (κ1) is 18.5. The summed E-state index contributed by atoms with van der Waals surface area (Å²) in [5, 5.41) is 6.14. The number of nitrogens with zero attached hydrogens (tertiary/aromatic N) is 2. The molecule has 0 aliphatic carbocycles. The van der Waals surface area contributed by atoms with Crippen LogP contribution in [0.15, 0.2) is 60.9 Å². The van der Waals surface area contributed by atoms with Gasteiger partial charge in [-0.15, -0.1) is 0 Å². The summed E-state index contributed by atoms with van der Waals surface area (Å²) in [5.41, 5.74) is 2.71. The maximum absolute atomic E-state index is 12.5. The number of pyridine rings is 2. The Morgan fingerprint density at radius 3 is 2.59 bits per heavy atom. The van der Waals surface area contributed by atoms with Gasteiger partial charge in [0.25, 0.3) is 11.8 Å². The number of hydrogen-bond donors (Lipinski definition) is 2. The van der Waals surface area contributed by atoms with Crippen LogP contribution in [-0.4, -0.2) is 21.8 Å². The Bertz CT molecular complexity index is 977. The number of hydrogen-bond acceptors (Lipinski definition) is 4. The molecule has 0 radical (unpaired) electrons. The van der Waals surface area contributed by atoms with Crippen LogP contribution >= 0.6 is 11.6 Å². The summed E-state index contributed by atoms with van der Waals surface area (Å²) in [4.78, 5) is 33.0. The highest BCUT2D eigenvalue weighted by molar-refractivity contribution is 6.30. The lowest BCUT2D eigenvalue weighted by atomic mass is 10.1. The third kappa shape index (κ3) is 4.89. The number of anilines is 1. The quantitative estimate of drug-likeness (QED) is 0.708. The zero-order valence-electron chi connectivity index (χ0n) is 14.6. The van der Waals surface area contributed by atoms with E-state index < -0.39 is 5.91 Å². The van der Waals surface area contributed by atoms with Gasteiger partial charge in [-0.3, -0.25) is 19.6 Å². The number of aromatic nitrogens is 2. The van der Waals surface area contributed by atoms with Gasteiger partial charge < -0.3 is 10.6 Å². The van der Waals surface area contributed by atoms with E-state index in [1.165, 1.54) is 12.3 Å². The molecule has 2 N–H and O–H groups in total. The summed E-state index contributed by atoms with van der Waals surface area (Å²) >= 11 is 5.93. The molecular formula is C20H17ClN4O2. The van der Waals surface area contributed by atoms with Gasteiger partial charge in [0, 0.05) is 28.7 Å². The van der Waals surface area contributed by atoms with Crippen LogP contribution in [-0.2, 0) is 6.54 Å². The van der Waals surface area contributed by atoms with Crippen LogP contribution in [0.1, 0.15) is 32.1 Å². The van der Waals surface area contributed by atoms with Gasteiger partial charge in [-0.2, -0.15) is 0 Å². The Kier molecular flexibility index (Phi) is 5.78. The molecule has 0 unspecified atom stereocenters. The number of benzene rings is 1. The lowest BCUT2D eigenvalue weighted by molar-refractivity contribution is 0.0950. The van der Waals surface area contributed by atoms with Gasteiger partial charge in [0.1, 0.15) is 5.69 Å². The Hall–Kier alpha value is -3.25. The molecule has 0 bridgehead atoms. The van der Waals surface area contributed by atoms with E-state index in [0.717, 1.165) is 11.3 Å². The molecule has 3 rings (SSSR count). The monoisotopic (exact) mass is 380 g/mol. The molecule has 3 aromatic rings. The van der Waals surface area contributed by atoms with Gasteiger partial charge in [0.05, 0.1) is 12.2 Å². The number of carbonyl (C=O) groups excluding carboxylic acids is 2. The van der Waals surface area contributed by atoms with Crippen molar-refractivity contribution in [3.63, 3.8) is 0 Å². The van der Waals surface area contributed by atoms with Crippen LogP contribution in [0.5, 0.6) is 0 Å². The van der Waals surface area contributed by atoms with Crippen molar-refractivity contribution in [3.8, 4) is 0 Å². The maximum atomic E-state index is 12.5. The highest BCUT2D eigenvalue weighted by Crippen LogP contribution is 2.20. The second-order valence-electron chi connectivity index (χ2n) is 5.85. The van der Waals surface area contributed by atoms with Gasteiger partial charge >= 0.3 is 0 Å². The van der Waals surface area contributed by atoms with E-state index in [4.69, 9.17) is 11.6 Å². The molecule has 0 fully saturated rings. The van der Waals surface area contributed by atoms with Crippen LogP contribution in [0.3, 0.4) is 0 Å². The predicted molar refractivity (Wildman–Crippen MR) is 104 cm³/mol. The number of amides is 2. The van der Waals surface area contributed by atoms with E-state index in [1.54, 1.807) is 30.5 Å². The molecule has 6 nitrogen and oxygen atoms in total. The minimum absolute atomic E-state index is 0.148. The van der Waals surface area contributed by atoms with Crippen LogP contribution in [0.25, 0.3) is 0 Å². The third-order valence-corrected chi connectivity index (χ3v) is 4.08. The summed E-state index contributed by atoms with van der Waals surface area (Å²) < 4.78 is 0. The lowest BCUT2D eigenvalue weighted by Crippen LogP contribution is -2.24. The summed E-state index contributed by atoms with van der Waals surface area (Å²) in [6.07, 6.45) is 3.09. The molecule has 27 heavy (non-hydrogen) atoms. The van der Waals surface area contributed by atoms with Crippen molar-refractivity contribution in [1.29, 1.82) is 0 Å². The van der Waals surface area contributed by atoms with Crippen molar-refractivity contribution in [2.75, 3.05) is 5.32 Å². The number of rotatable bonds is 5. The van der Waals surface area contributed by atoms with Crippen molar-refractivity contribution in [3.05, 3.63) is 88.5 Å². The second-order valence-corrected chi connectivity index (χ2v) is 6.28. The van der Waals surface area contributed by atoms with Crippen LogP contribution < -0.4 is 10.6 Å². The number of aryl methyl sites for hydroxylation is 1. The maximum Gasteiger partial charge on any atom is 0.274 e. The summed E-state index contributed by atoms with van der Waals surface area (Å²) in [5.74, 6) is -0.709. The Morgan fingerprint density at radius 2 is 1.85 bits per heavy atom. The molecule has 1 aromatic carbocycles. The van der Waals surface area contributed by atoms with Crippen LogP contribution in [0.4, 0.5) is 5.69 Å². The molecule has 0 aliphatic rings. The topological polar surface area (TPSA) is 84.0 Å². The standard InChI is InChI=1S/C20H17ClN4O2/c1-13-10-15(21)5-6-17(13)25-20(27)18-11-14(7-9-23-18)19(26)24-12-16-4-2-3-8-22-16/h2-11H,12H2,1H3,(H,24,26)(H,25,27). The van der Waals surface area contributed by atoms with Gasteiger partial charge in [-0.25, -0.2) is 0 Å². The molecule has 0 atom stereocenters. The average molecular weight is 381 g/mol.